The molecule has 2 rings (SSSR count). The molecule has 24 heavy (non-hydrogen) atoms. The van der Waals surface area contributed by atoms with Crippen molar-refractivity contribution in [1.29, 1.82) is 0 Å². The molecule has 126 valence electrons. The fourth-order valence-electron chi connectivity index (χ4n) is 1.99. The Kier molecular flexibility index (Phi) is 6.88. The number of likely N-dealkylation sites (N-methyl/N-ethyl adjacent to an activating group) is 1. The van der Waals surface area contributed by atoms with Crippen LogP contribution in [0.15, 0.2) is 59.1 Å². The van der Waals surface area contributed by atoms with E-state index in [9.17, 15) is 4.79 Å². The summed E-state index contributed by atoms with van der Waals surface area (Å²) in [5.74, 6) is 1.47. The molecular formula is C19H20BrNO3. The van der Waals surface area contributed by atoms with E-state index in [1.54, 1.807) is 31.2 Å². The number of rotatable bonds is 7. The molecule has 0 fully saturated rings. The van der Waals surface area contributed by atoms with Crippen molar-refractivity contribution in [2.24, 2.45) is 0 Å². The second-order valence-electron chi connectivity index (χ2n) is 5.17. The average molecular weight is 390 g/mol. The van der Waals surface area contributed by atoms with E-state index in [1.165, 1.54) is 0 Å². The van der Waals surface area contributed by atoms with Gasteiger partial charge in [-0.15, -0.1) is 0 Å². The van der Waals surface area contributed by atoms with Crippen molar-refractivity contribution >= 4 is 27.9 Å². The van der Waals surface area contributed by atoms with Crippen LogP contribution >= 0.6 is 15.9 Å². The van der Waals surface area contributed by atoms with Gasteiger partial charge in [0.25, 0.3) is 0 Å². The van der Waals surface area contributed by atoms with Crippen molar-refractivity contribution in [3.63, 3.8) is 0 Å². The lowest BCUT2D eigenvalue weighted by atomic mass is 10.2. The van der Waals surface area contributed by atoms with E-state index in [2.05, 4.69) is 15.9 Å². The van der Waals surface area contributed by atoms with Gasteiger partial charge in [-0.25, -0.2) is 0 Å². The van der Waals surface area contributed by atoms with Crippen molar-refractivity contribution in [2.75, 3.05) is 27.3 Å². The molecular weight excluding hydrogens is 370 g/mol. The van der Waals surface area contributed by atoms with E-state index in [0.717, 1.165) is 21.5 Å². The second-order valence-corrected chi connectivity index (χ2v) is 6.09. The van der Waals surface area contributed by atoms with Gasteiger partial charge in [0.15, 0.2) is 0 Å². The first kappa shape index (κ1) is 18.1. The number of hydrogen-bond donors (Lipinski definition) is 0. The molecule has 0 N–H and O–H groups in total. The predicted molar refractivity (Wildman–Crippen MR) is 99.3 cm³/mol. The van der Waals surface area contributed by atoms with Crippen molar-refractivity contribution in [2.45, 2.75) is 0 Å². The number of hydrogen-bond acceptors (Lipinski definition) is 3. The molecule has 0 saturated heterocycles. The fourth-order valence-corrected chi connectivity index (χ4v) is 2.40. The summed E-state index contributed by atoms with van der Waals surface area (Å²) in [6, 6.07) is 15.1. The third-order valence-corrected chi connectivity index (χ3v) is 3.89. The van der Waals surface area contributed by atoms with E-state index in [-0.39, 0.29) is 5.91 Å². The van der Waals surface area contributed by atoms with Gasteiger partial charge in [-0.2, -0.15) is 0 Å². The van der Waals surface area contributed by atoms with Crippen LogP contribution in [0.5, 0.6) is 11.5 Å². The molecule has 1 amide bonds. The van der Waals surface area contributed by atoms with Gasteiger partial charge in [-0.1, -0.05) is 28.1 Å². The molecule has 2 aromatic rings. The lowest BCUT2D eigenvalue weighted by molar-refractivity contribution is -0.125. The van der Waals surface area contributed by atoms with E-state index in [4.69, 9.17) is 9.47 Å². The van der Waals surface area contributed by atoms with Crippen molar-refractivity contribution in [1.82, 2.24) is 4.90 Å². The molecule has 0 bridgehead atoms. The van der Waals surface area contributed by atoms with Crippen LogP contribution < -0.4 is 9.47 Å². The fraction of sp³-hybridized carbons (Fsp3) is 0.211. The number of halogens is 1. The Morgan fingerprint density at radius 2 is 1.88 bits per heavy atom. The summed E-state index contributed by atoms with van der Waals surface area (Å²) in [6.45, 7) is 0.937. The van der Waals surface area contributed by atoms with E-state index in [1.807, 2.05) is 48.5 Å². The number of methoxy groups -OCH3 is 1. The van der Waals surface area contributed by atoms with Crippen LogP contribution in [-0.4, -0.2) is 38.1 Å². The maximum absolute atomic E-state index is 12.1. The third-order valence-electron chi connectivity index (χ3n) is 3.40. The van der Waals surface area contributed by atoms with Gasteiger partial charge in [0.1, 0.15) is 18.1 Å². The Morgan fingerprint density at radius 3 is 2.54 bits per heavy atom. The van der Waals surface area contributed by atoms with Gasteiger partial charge in [0, 0.05) is 17.6 Å². The lowest BCUT2D eigenvalue weighted by Gasteiger charge is -2.15. The largest absolute Gasteiger partial charge is 0.497 e. The highest BCUT2D eigenvalue weighted by molar-refractivity contribution is 9.10. The average Bonchev–Trinajstić information content (AvgIpc) is 2.60. The Labute approximate surface area is 150 Å². The van der Waals surface area contributed by atoms with Crippen LogP contribution in [0.3, 0.4) is 0 Å². The minimum atomic E-state index is -0.0618. The first-order valence-corrected chi connectivity index (χ1v) is 8.33. The van der Waals surface area contributed by atoms with Crippen LogP contribution in [0.2, 0.25) is 0 Å². The van der Waals surface area contributed by atoms with Crippen LogP contribution in [0.1, 0.15) is 5.56 Å². The molecule has 0 aliphatic heterocycles. The van der Waals surface area contributed by atoms with Crippen molar-refractivity contribution in [3.8, 4) is 11.5 Å². The minimum absolute atomic E-state index is 0.0618. The highest BCUT2D eigenvalue weighted by Gasteiger charge is 2.05. The lowest BCUT2D eigenvalue weighted by Crippen LogP contribution is -2.29. The maximum Gasteiger partial charge on any atom is 0.246 e. The van der Waals surface area contributed by atoms with Crippen molar-refractivity contribution in [3.05, 3.63) is 64.6 Å². The highest BCUT2D eigenvalue weighted by atomic mass is 79.9. The highest BCUT2D eigenvalue weighted by Crippen LogP contribution is 2.17. The van der Waals surface area contributed by atoms with Crippen LogP contribution in [0.4, 0.5) is 0 Å². The summed E-state index contributed by atoms with van der Waals surface area (Å²) in [4.78, 5) is 13.7. The Balaban J connectivity index is 1.78. The monoisotopic (exact) mass is 389 g/mol. The van der Waals surface area contributed by atoms with Gasteiger partial charge in [0.2, 0.25) is 5.91 Å². The van der Waals surface area contributed by atoms with E-state index < -0.39 is 0 Å². The quantitative estimate of drug-likeness (QED) is 0.671. The summed E-state index contributed by atoms with van der Waals surface area (Å²) < 4.78 is 11.7. The molecule has 0 unspecified atom stereocenters. The van der Waals surface area contributed by atoms with Crippen LogP contribution in [0.25, 0.3) is 6.08 Å². The van der Waals surface area contributed by atoms with Gasteiger partial charge < -0.3 is 14.4 Å². The SMILES string of the molecule is COc1ccc(OCCN(C)C(=O)/C=C/c2cccc(Br)c2)cc1. The predicted octanol–water partition coefficient (Wildman–Crippen LogP) is 4.01. The first-order chi connectivity index (χ1) is 11.6. The van der Waals surface area contributed by atoms with Gasteiger partial charge in [-0.3, -0.25) is 4.79 Å². The molecule has 0 aliphatic carbocycles. The molecule has 2 aromatic carbocycles. The molecule has 5 heteroatoms. The number of nitrogens with zero attached hydrogens (tertiary/aromatic N) is 1. The molecule has 4 nitrogen and oxygen atoms in total. The standard InChI is InChI=1S/C19H20BrNO3/c1-21(12-13-24-18-9-7-17(23-2)8-10-18)19(22)11-6-15-4-3-5-16(20)14-15/h3-11,14H,12-13H2,1-2H3/b11-6+. The zero-order valence-corrected chi connectivity index (χ0v) is 15.3. The number of carbonyl (C=O) groups is 1. The molecule has 0 saturated carbocycles. The topological polar surface area (TPSA) is 38.8 Å². The van der Waals surface area contributed by atoms with Gasteiger partial charge in [0.05, 0.1) is 13.7 Å². The third kappa shape index (κ3) is 5.74. The first-order valence-electron chi connectivity index (χ1n) is 7.54. The summed E-state index contributed by atoms with van der Waals surface area (Å²) in [5.41, 5.74) is 0.973. The Hall–Kier alpha value is -2.27. The summed E-state index contributed by atoms with van der Waals surface area (Å²) in [7, 11) is 3.38. The maximum atomic E-state index is 12.1. The van der Waals surface area contributed by atoms with E-state index in [0.29, 0.717) is 13.2 Å². The van der Waals surface area contributed by atoms with Crippen LogP contribution in [0, 0.1) is 0 Å². The number of carbonyl (C=O) groups excluding carboxylic acids is 1. The summed E-state index contributed by atoms with van der Waals surface area (Å²) >= 11 is 3.41. The normalized spacial score (nSPS) is 10.6. The number of amides is 1. The number of benzene rings is 2. The molecule has 0 atom stereocenters. The van der Waals surface area contributed by atoms with E-state index >= 15 is 0 Å². The zero-order chi connectivity index (χ0) is 17.4. The Morgan fingerprint density at radius 1 is 1.17 bits per heavy atom. The summed E-state index contributed by atoms with van der Waals surface area (Å²) in [6.07, 6.45) is 3.36. The number of ether oxygens (including phenoxy) is 2. The second kappa shape index (κ2) is 9.13. The smallest absolute Gasteiger partial charge is 0.246 e. The molecule has 0 heterocycles. The van der Waals surface area contributed by atoms with Crippen molar-refractivity contribution < 1.29 is 14.3 Å². The molecule has 0 spiro atoms. The summed E-state index contributed by atoms with van der Waals surface area (Å²) in [5, 5.41) is 0. The minimum Gasteiger partial charge on any atom is -0.497 e. The van der Waals surface area contributed by atoms with Gasteiger partial charge >= 0.3 is 0 Å². The zero-order valence-electron chi connectivity index (χ0n) is 13.7. The van der Waals surface area contributed by atoms with Gasteiger partial charge in [-0.05, 0) is 48.0 Å². The Bertz CT molecular complexity index is 698. The van der Waals surface area contributed by atoms with Crippen LogP contribution in [-0.2, 0) is 4.79 Å². The molecule has 0 radical (unpaired) electrons. The molecule has 0 aromatic heterocycles. The molecule has 0 aliphatic rings.